The molecule has 1 fully saturated rings. The molecule has 0 amide bonds. The zero-order chi connectivity index (χ0) is 9.73. The number of hydrogen-bond acceptors (Lipinski definition) is 2. The Kier molecular flexibility index (Phi) is 4.20. The second-order valence-electron chi connectivity index (χ2n) is 4.98. The van der Waals surface area contributed by atoms with Gasteiger partial charge in [0.05, 0.1) is 0 Å². The SMILES string of the molecule is CCCC(C)(C)CNC1CCNC1. The summed E-state index contributed by atoms with van der Waals surface area (Å²) in [4.78, 5) is 0. The maximum Gasteiger partial charge on any atom is 0.0204 e. The summed E-state index contributed by atoms with van der Waals surface area (Å²) in [5.41, 5.74) is 0.470. The number of nitrogens with one attached hydrogen (secondary N) is 2. The van der Waals surface area contributed by atoms with Crippen LogP contribution in [0, 0.1) is 5.41 Å². The molecular formula is C11H24N2. The third-order valence-corrected chi connectivity index (χ3v) is 2.86. The fourth-order valence-electron chi connectivity index (χ4n) is 2.01. The Morgan fingerprint density at radius 1 is 1.46 bits per heavy atom. The molecule has 1 unspecified atom stereocenters. The van der Waals surface area contributed by atoms with Crippen LogP contribution in [0.3, 0.4) is 0 Å². The molecule has 1 atom stereocenters. The highest BCUT2D eigenvalue weighted by atomic mass is 15.0. The van der Waals surface area contributed by atoms with E-state index in [-0.39, 0.29) is 0 Å². The zero-order valence-corrected chi connectivity index (χ0v) is 9.32. The highest BCUT2D eigenvalue weighted by Crippen LogP contribution is 2.21. The predicted octanol–water partition coefficient (Wildman–Crippen LogP) is 1.76. The lowest BCUT2D eigenvalue weighted by Crippen LogP contribution is -2.38. The molecule has 2 heteroatoms. The van der Waals surface area contributed by atoms with E-state index in [2.05, 4.69) is 31.4 Å². The van der Waals surface area contributed by atoms with Crippen molar-refractivity contribution in [3.8, 4) is 0 Å². The van der Waals surface area contributed by atoms with E-state index in [9.17, 15) is 0 Å². The molecule has 0 aromatic carbocycles. The summed E-state index contributed by atoms with van der Waals surface area (Å²) in [6.07, 6.45) is 3.90. The van der Waals surface area contributed by atoms with Crippen LogP contribution in [0.1, 0.15) is 40.0 Å². The van der Waals surface area contributed by atoms with Crippen molar-refractivity contribution in [1.82, 2.24) is 10.6 Å². The quantitative estimate of drug-likeness (QED) is 0.680. The lowest BCUT2D eigenvalue weighted by atomic mass is 9.88. The molecule has 1 heterocycles. The van der Waals surface area contributed by atoms with Crippen molar-refractivity contribution in [2.45, 2.75) is 46.1 Å². The van der Waals surface area contributed by atoms with Crippen LogP contribution in [0.2, 0.25) is 0 Å². The monoisotopic (exact) mass is 184 g/mol. The Morgan fingerprint density at radius 2 is 2.23 bits per heavy atom. The largest absolute Gasteiger partial charge is 0.315 e. The van der Waals surface area contributed by atoms with Crippen LogP contribution >= 0.6 is 0 Å². The summed E-state index contributed by atoms with van der Waals surface area (Å²) in [6, 6.07) is 0.719. The minimum absolute atomic E-state index is 0.470. The molecule has 78 valence electrons. The Bertz CT molecular complexity index is 137. The van der Waals surface area contributed by atoms with Gasteiger partial charge in [-0.3, -0.25) is 0 Å². The maximum atomic E-state index is 3.64. The van der Waals surface area contributed by atoms with E-state index in [1.165, 1.54) is 25.8 Å². The predicted molar refractivity (Wildman–Crippen MR) is 58.0 cm³/mol. The standard InChI is InChI=1S/C11H24N2/c1-4-6-11(2,3)9-13-10-5-7-12-8-10/h10,12-13H,4-9H2,1-3H3. The summed E-state index contributed by atoms with van der Waals surface area (Å²) in [5, 5.41) is 7.02. The van der Waals surface area contributed by atoms with Crippen LogP contribution in [0.5, 0.6) is 0 Å². The van der Waals surface area contributed by atoms with Crippen molar-refractivity contribution in [2.75, 3.05) is 19.6 Å². The summed E-state index contributed by atoms with van der Waals surface area (Å²) in [7, 11) is 0. The summed E-state index contributed by atoms with van der Waals surface area (Å²) in [6.45, 7) is 10.5. The lowest BCUT2D eigenvalue weighted by Gasteiger charge is -2.26. The van der Waals surface area contributed by atoms with E-state index in [1.807, 2.05) is 0 Å². The molecule has 1 aliphatic rings. The smallest absolute Gasteiger partial charge is 0.0204 e. The van der Waals surface area contributed by atoms with Crippen LogP contribution < -0.4 is 10.6 Å². The van der Waals surface area contributed by atoms with E-state index in [0.717, 1.165) is 19.1 Å². The second kappa shape index (κ2) is 4.97. The van der Waals surface area contributed by atoms with Crippen LogP contribution in [-0.2, 0) is 0 Å². The van der Waals surface area contributed by atoms with Crippen molar-refractivity contribution < 1.29 is 0 Å². The first-order valence-corrected chi connectivity index (χ1v) is 5.58. The fourth-order valence-corrected chi connectivity index (χ4v) is 2.01. The number of rotatable bonds is 5. The first-order valence-electron chi connectivity index (χ1n) is 5.58. The summed E-state index contributed by atoms with van der Waals surface area (Å²) in [5.74, 6) is 0. The van der Waals surface area contributed by atoms with Crippen molar-refractivity contribution in [3.63, 3.8) is 0 Å². The molecule has 0 radical (unpaired) electrons. The molecule has 0 aromatic heterocycles. The van der Waals surface area contributed by atoms with Gasteiger partial charge in [-0.2, -0.15) is 0 Å². The van der Waals surface area contributed by atoms with Gasteiger partial charge in [0.15, 0.2) is 0 Å². The van der Waals surface area contributed by atoms with Crippen LogP contribution in [0.4, 0.5) is 0 Å². The third kappa shape index (κ3) is 4.10. The van der Waals surface area contributed by atoms with Gasteiger partial charge < -0.3 is 10.6 Å². The molecule has 0 bridgehead atoms. The van der Waals surface area contributed by atoms with Crippen molar-refractivity contribution in [3.05, 3.63) is 0 Å². The Balaban J connectivity index is 2.15. The van der Waals surface area contributed by atoms with Gasteiger partial charge in [0, 0.05) is 19.1 Å². The molecule has 2 nitrogen and oxygen atoms in total. The van der Waals surface area contributed by atoms with Gasteiger partial charge in [-0.15, -0.1) is 0 Å². The van der Waals surface area contributed by atoms with Gasteiger partial charge >= 0.3 is 0 Å². The number of hydrogen-bond donors (Lipinski definition) is 2. The molecular weight excluding hydrogens is 160 g/mol. The first kappa shape index (κ1) is 11.0. The normalized spacial score (nSPS) is 23.8. The molecule has 1 saturated heterocycles. The van der Waals surface area contributed by atoms with E-state index >= 15 is 0 Å². The summed E-state index contributed by atoms with van der Waals surface area (Å²) >= 11 is 0. The van der Waals surface area contributed by atoms with Gasteiger partial charge in [-0.1, -0.05) is 27.2 Å². The molecule has 1 aliphatic heterocycles. The van der Waals surface area contributed by atoms with Crippen LogP contribution in [0.15, 0.2) is 0 Å². The Hall–Kier alpha value is -0.0800. The third-order valence-electron chi connectivity index (χ3n) is 2.86. The molecule has 0 aromatic rings. The topological polar surface area (TPSA) is 24.1 Å². The van der Waals surface area contributed by atoms with Crippen molar-refractivity contribution >= 4 is 0 Å². The first-order chi connectivity index (χ1) is 6.14. The van der Waals surface area contributed by atoms with Gasteiger partial charge in [0.1, 0.15) is 0 Å². The second-order valence-corrected chi connectivity index (χ2v) is 4.98. The zero-order valence-electron chi connectivity index (χ0n) is 9.32. The van der Waals surface area contributed by atoms with Gasteiger partial charge in [-0.25, -0.2) is 0 Å². The van der Waals surface area contributed by atoms with Crippen LogP contribution in [0.25, 0.3) is 0 Å². The average Bonchev–Trinajstić information content (AvgIpc) is 2.52. The van der Waals surface area contributed by atoms with E-state index in [0.29, 0.717) is 5.41 Å². The minimum atomic E-state index is 0.470. The van der Waals surface area contributed by atoms with Gasteiger partial charge in [-0.05, 0) is 24.8 Å². The highest BCUT2D eigenvalue weighted by Gasteiger charge is 2.20. The Morgan fingerprint density at radius 3 is 2.77 bits per heavy atom. The van der Waals surface area contributed by atoms with Gasteiger partial charge in [0.2, 0.25) is 0 Å². The lowest BCUT2D eigenvalue weighted by molar-refractivity contribution is 0.297. The molecule has 0 saturated carbocycles. The molecule has 2 N–H and O–H groups in total. The molecule has 0 aliphatic carbocycles. The minimum Gasteiger partial charge on any atom is -0.315 e. The van der Waals surface area contributed by atoms with E-state index < -0.39 is 0 Å². The van der Waals surface area contributed by atoms with Crippen LogP contribution in [-0.4, -0.2) is 25.7 Å². The fraction of sp³-hybridized carbons (Fsp3) is 1.00. The average molecular weight is 184 g/mol. The molecule has 1 rings (SSSR count). The molecule has 0 spiro atoms. The summed E-state index contributed by atoms with van der Waals surface area (Å²) < 4.78 is 0. The Labute approximate surface area is 82.5 Å². The van der Waals surface area contributed by atoms with E-state index in [4.69, 9.17) is 0 Å². The molecule has 13 heavy (non-hydrogen) atoms. The maximum absolute atomic E-state index is 3.64. The highest BCUT2D eigenvalue weighted by molar-refractivity contribution is 4.80. The van der Waals surface area contributed by atoms with Gasteiger partial charge in [0.25, 0.3) is 0 Å². The van der Waals surface area contributed by atoms with Crippen molar-refractivity contribution in [2.24, 2.45) is 5.41 Å². The van der Waals surface area contributed by atoms with Crippen molar-refractivity contribution in [1.29, 1.82) is 0 Å². The van der Waals surface area contributed by atoms with E-state index in [1.54, 1.807) is 0 Å².